The molecule has 2 aliphatic carbocycles. The van der Waals surface area contributed by atoms with Crippen LogP contribution >= 0.6 is 0 Å². The van der Waals surface area contributed by atoms with Gasteiger partial charge in [-0.15, -0.1) is 0 Å². The van der Waals surface area contributed by atoms with Crippen LogP contribution in [0.1, 0.15) is 38.5 Å². The lowest BCUT2D eigenvalue weighted by molar-refractivity contribution is -0.144. The molecule has 0 aliphatic heterocycles. The molecule has 0 amide bonds. The Kier molecular flexibility index (Phi) is 1.95. The van der Waals surface area contributed by atoms with Crippen LogP contribution in [-0.2, 0) is 9.53 Å². The number of rotatable bonds is 1. The largest absolute Gasteiger partial charge is 0.381 e. The zero-order valence-electron chi connectivity index (χ0n) is 7.64. The van der Waals surface area contributed by atoms with Gasteiger partial charge >= 0.3 is 0 Å². The van der Waals surface area contributed by atoms with Crippen LogP contribution in [0, 0.1) is 5.41 Å². The summed E-state index contributed by atoms with van der Waals surface area (Å²) in [5, 5.41) is 0. The summed E-state index contributed by atoms with van der Waals surface area (Å²) in [6, 6.07) is 0. The SMILES string of the molecule is CO[C@H]1CCC[C@@]2(CCC2=O)C1. The van der Waals surface area contributed by atoms with Crippen LogP contribution in [0.2, 0.25) is 0 Å². The number of ketones is 1. The van der Waals surface area contributed by atoms with Gasteiger partial charge in [-0.2, -0.15) is 0 Å². The summed E-state index contributed by atoms with van der Waals surface area (Å²) in [5.74, 6) is 0.490. The first-order valence-electron chi connectivity index (χ1n) is 4.83. The van der Waals surface area contributed by atoms with Crippen LogP contribution in [0.25, 0.3) is 0 Å². The van der Waals surface area contributed by atoms with Crippen LogP contribution in [0.4, 0.5) is 0 Å². The van der Waals surface area contributed by atoms with Crippen LogP contribution in [0.3, 0.4) is 0 Å². The molecule has 0 N–H and O–H groups in total. The van der Waals surface area contributed by atoms with Crippen molar-refractivity contribution < 1.29 is 9.53 Å². The second-order valence-electron chi connectivity index (χ2n) is 4.16. The zero-order chi connectivity index (χ0) is 8.60. The second-order valence-corrected chi connectivity index (χ2v) is 4.16. The molecule has 0 saturated heterocycles. The van der Waals surface area contributed by atoms with E-state index >= 15 is 0 Å². The molecule has 0 aromatic carbocycles. The summed E-state index contributed by atoms with van der Waals surface area (Å²) >= 11 is 0. The van der Waals surface area contributed by atoms with Gasteiger partial charge in [-0.3, -0.25) is 4.79 Å². The van der Waals surface area contributed by atoms with Crippen molar-refractivity contribution in [3.8, 4) is 0 Å². The van der Waals surface area contributed by atoms with Crippen molar-refractivity contribution in [3.05, 3.63) is 0 Å². The first kappa shape index (κ1) is 8.24. The smallest absolute Gasteiger partial charge is 0.139 e. The van der Waals surface area contributed by atoms with E-state index in [4.69, 9.17) is 4.74 Å². The molecular weight excluding hydrogens is 152 g/mol. The first-order chi connectivity index (χ1) is 5.77. The van der Waals surface area contributed by atoms with Gasteiger partial charge in [-0.25, -0.2) is 0 Å². The fourth-order valence-electron chi connectivity index (χ4n) is 2.57. The molecule has 0 radical (unpaired) electrons. The van der Waals surface area contributed by atoms with Gasteiger partial charge in [-0.05, 0) is 32.1 Å². The number of hydrogen-bond donors (Lipinski definition) is 0. The first-order valence-corrected chi connectivity index (χ1v) is 4.83. The minimum absolute atomic E-state index is 0.0684. The summed E-state index contributed by atoms with van der Waals surface area (Å²) < 4.78 is 5.32. The van der Waals surface area contributed by atoms with E-state index in [1.165, 1.54) is 6.42 Å². The van der Waals surface area contributed by atoms with E-state index in [1.54, 1.807) is 7.11 Å². The molecule has 68 valence electrons. The Labute approximate surface area is 73.3 Å². The average Bonchev–Trinajstić information content (AvgIpc) is 2.15. The highest BCUT2D eigenvalue weighted by molar-refractivity contribution is 5.90. The third-order valence-electron chi connectivity index (χ3n) is 3.56. The maximum Gasteiger partial charge on any atom is 0.139 e. The lowest BCUT2D eigenvalue weighted by Crippen LogP contribution is -2.46. The van der Waals surface area contributed by atoms with Crippen LogP contribution in [-0.4, -0.2) is 19.0 Å². The number of ether oxygens (including phenoxy) is 1. The van der Waals surface area contributed by atoms with Gasteiger partial charge in [0.1, 0.15) is 5.78 Å². The highest BCUT2D eigenvalue weighted by Crippen LogP contribution is 2.49. The second kappa shape index (κ2) is 2.84. The fraction of sp³-hybridized carbons (Fsp3) is 0.900. The van der Waals surface area contributed by atoms with E-state index in [0.29, 0.717) is 11.9 Å². The average molecular weight is 168 g/mol. The van der Waals surface area contributed by atoms with Crippen LogP contribution in [0.15, 0.2) is 0 Å². The van der Waals surface area contributed by atoms with Crippen LogP contribution < -0.4 is 0 Å². The molecule has 0 aromatic heterocycles. The van der Waals surface area contributed by atoms with Crippen molar-refractivity contribution in [2.24, 2.45) is 5.41 Å². The predicted molar refractivity (Wildman–Crippen MR) is 45.9 cm³/mol. The summed E-state index contributed by atoms with van der Waals surface area (Å²) in [6.07, 6.45) is 6.70. The quantitative estimate of drug-likeness (QED) is 0.598. The van der Waals surface area contributed by atoms with Crippen molar-refractivity contribution in [2.45, 2.75) is 44.6 Å². The molecule has 12 heavy (non-hydrogen) atoms. The van der Waals surface area contributed by atoms with E-state index in [-0.39, 0.29) is 5.41 Å². The third-order valence-corrected chi connectivity index (χ3v) is 3.56. The Bertz CT molecular complexity index is 200. The van der Waals surface area contributed by atoms with Gasteiger partial charge in [0, 0.05) is 18.9 Å². The molecule has 2 saturated carbocycles. The number of carbonyl (C=O) groups excluding carboxylic acids is 1. The molecular formula is C10H16O2. The van der Waals surface area contributed by atoms with Gasteiger partial charge in [0.05, 0.1) is 6.10 Å². The highest BCUT2D eigenvalue weighted by Gasteiger charge is 2.48. The van der Waals surface area contributed by atoms with E-state index in [0.717, 1.165) is 32.1 Å². The monoisotopic (exact) mass is 168 g/mol. The number of carbonyl (C=O) groups is 1. The maximum atomic E-state index is 11.4. The zero-order valence-corrected chi connectivity index (χ0v) is 7.64. The minimum atomic E-state index is 0.0684. The molecule has 0 unspecified atom stereocenters. The van der Waals surface area contributed by atoms with E-state index in [2.05, 4.69) is 0 Å². The molecule has 2 nitrogen and oxygen atoms in total. The maximum absolute atomic E-state index is 11.4. The van der Waals surface area contributed by atoms with Gasteiger partial charge in [0.15, 0.2) is 0 Å². The Balaban J connectivity index is 2.02. The molecule has 2 rings (SSSR count). The molecule has 2 atom stereocenters. The minimum Gasteiger partial charge on any atom is -0.381 e. The van der Waals surface area contributed by atoms with Crippen molar-refractivity contribution in [3.63, 3.8) is 0 Å². The van der Waals surface area contributed by atoms with Crippen molar-refractivity contribution >= 4 is 5.78 Å². The number of methoxy groups -OCH3 is 1. The summed E-state index contributed by atoms with van der Waals surface area (Å²) in [6.45, 7) is 0. The Hall–Kier alpha value is -0.370. The van der Waals surface area contributed by atoms with Gasteiger partial charge < -0.3 is 4.74 Å². The van der Waals surface area contributed by atoms with E-state index < -0.39 is 0 Å². The molecule has 2 aliphatic rings. The molecule has 0 aromatic rings. The number of hydrogen-bond acceptors (Lipinski definition) is 2. The number of Topliss-reactive ketones (excluding diaryl/α,β-unsaturated/α-hetero) is 1. The summed E-state index contributed by atoms with van der Waals surface area (Å²) in [4.78, 5) is 11.4. The van der Waals surface area contributed by atoms with Gasteiger partial charge in [-0.1, -0.05) is 0 Å². The summed E-state index contributed by atoms with van der Waals surface area (Å²) in [5.41, 5.74) is 0.0684. The Morgan fingerprint density at radius 3 is 2.83 bits per heavy atom. The predicted octanol–water partition coefficient (Wildman–Crippen LogP) is 1.92. The Morgan fingerprint density at radius 1 is 1.50 bits per heavy atom. The van der Waals surface area contributed by atoms with E-state index in [1.807, 2.05) is 0 Å². The van der Waals surface area contributed by atoms with Crippen molar-refractivity contribution in [1.82, 2.24) is 0 Å². The molecule has 2 fully saturated rings. The lowest BCUT2D eigenvalue weighted by Gasteiger charge is -2.45. The standard InChI is InChI=1S/C10H16O2/c1-12-8-3-2-5-10(7-8)6-4-9(10)11/h8H,2-7H2,1H3/t8-,10+/m0/s1. The van der Waals surface area contributed by atoms with Crippen molar-refractivity contribution in [1.29, 1.82) is 0 Å². The molecule has 2 heteroatoms. The Morgan fingerprint density at radius 2 is 2.33 bits per heavy atom. The van der Waals surface area contributed by atoms with Crippen LogP contribution in [0.5, 0.6) is 0 Å². The third kappa shape index (κ3) is 1.09. The van der Waals surface area contributed by atoms with Gasteiger partial charge in [0.2, 0.25) is 0 Å². The summed E-state index contributed by atoms with van der Waals surface area (Å²) in [7, 11) is 1.76. The molecule has 0 bridgehead atoms. The highest BCUT2D eigenvalue weighted by atomic mass is 16.5. The van der Waals surface area contributed by atoms with E-state index in [9.17, 15) is 4.79 Å². The van der Waals surface area contributed by atoms with Gasteiger partial charge in [0.25, 0.3) is 0 Å². The lowest BCUT2D eigenvalue weighted by atomic mass is 9.59. The normalized spacial score (nSPS) is 41.4. The topological polar surface area (TPSA) is 26.3 Å². The van der Waals surface area contributed by atoms with Crippen molar-refractivity contribution in [2.75, 3.05) is 7.11 Å². The molecule has 0 heterocycles. The molecule has 1 spiro atoms. The fourth-order valence-corrected chi connectivity index (χ4v) is 2.57.